The van der Waals surface area contributed by atoms with Crippen molar-refractivity contribution >= 4 is 46.6 Å². The lowest BCUT2D eigenvalue weighted by Crippen LogP contribution is -2.17. The molecule has 1 fully saturated rings. The average molecular weight is 472 g/mol. The molecule has 5 N–H and O–H groups in total. The summed E-state index contributed by atoms with van der Waals surface area (Å²) in [5.41, 5.74) is 7.55. The van der Waals surface area contributed by atoms with Crippen molar-refractivity contribution in [3.05, 3.63) is 53.6 Å². The molecule has 1 aliphatic carbocycles. The number of benzene rings is 2. The van der Waals surface area contributed by atoms with Crippen LogP contribution in [0.2, 0.25) is 0 Å². The summed E-state index contributed by atoms with van der Waals surface area (Å²) in [7, 11) is 0. The first kappa shape index (κ1) is 24.6. The number of nitrogens with two attached hydrogens (primary N) is 1. The first-order chi connectivity index (χ1) is 15.9. The van der Waals surface area contributed by atoms with Crippen LogP contribution in [-0.4, -0.2) is 47.1 Å². The van der Waals surface area contributed by atoms with Crippen LogP contribution in [0.5, 0.6) is 0 Å². The highest BCUT2D eigenvalue weighted by molar-refractivity contribution is 7.99. The summed E-state index contributed by atoms with van der Waals surface area (Å²) < 4.78 is 5.82. The fourth-order valence-corrected chi connectivity index (χ4v) is 4.31. The predicted octanol–water partition coefficient (Wildman–Crippen LogP) is 4.24. The molecule has 3 rings (SSSR count). The van der Waals surface area contributed by atoms with Gasteiger partial charge in [0.05, 0.1) is 17.4 Å². The Morgan fingerprint density at radius 3 is 2.42 bits per heavy atom. The van der Waals surface area contributed by atoms with Crippen LogP contribution in [0.4, 0.5) is 17.1 Å². The van der Waals surface area contributed by atoms with E-state index in [4.69, 9.17) is 15.6 Å². The molecule has 1 saturated carbocycles. The van der Waals surface area contributed by atoms with Gasteiger partial charge in [0, 0.05) is 29.2 Å². The van der Waals surface area contributed by atoms with Crippen LogP contribution in [0.3, 0.4) is 0 Å². The number of anilines is 3. The Bertz CT molecular complexity index is 975. The molecular weight excluding hydrogens is 442 g/mol. The first-order valence-corrected chi connectivity index (χ1v) is 12.1. The van der Waals surface area contributed by atoms with Crippen molar-refractivity contribution < 1.29 is 24.2 Å². The van der Waals surface area contributed by atoms with Crippen LogP contribution in [0, 0.1) is 0 Å². The standard InChI is InChI=1S/C24H29N3O5S/c25-18-12-17(23(29)27-19-8-6-16(7-9-19)24(30)31)13-20(14-18)26-22(28)15-33-11-3-10-32-21-4-1-2-5-21/h6-9,12-14,21H,1-5,10-11,15,25H2,(H,26,28)(H,27,29)(H,30,31). The lowest BCUT2D eigenvalue weighted by Gasteiger charge is -2.11. The van der Waals surface area contributed by atoms with Crippen molar-refractivity contribution in [1.29, 1.82) is 0 Å². The molecule has 1 aliphatic rings. The van der Waals surface area contributed by atoms with E-state index in [1.165, 1.54) is 54.9 Å². The molecule has 0 radical (unpaired) electrons. The molecule has 0 bridgehead atoms. The number of carbonyl (C=O) groups is 3. The number of aromatic carboxylic acids is 1. The van der Waals surface area contributed by atoms with E-state index in [1.807, 2.05) is 0 Å². The maximum Gasteiger partial charge on any atom is 0.335 e. The van der Waals surface area contributed by atoms with Crippen LogP contribution in [0.15, 0.2) is 42.5 Å². The summed E-state index contributed by atoms with van der Waals surface area (Å²) in [6, 6.07) is 10.5. The van der Waals surface area contributed by atoms with Gasteiger partial charge in [0.2, 0.25) is 5.91 Å². The lowest BCUT2D eigenvalue weighted by atomic mass is 10.1. The molecule has 0 aliphatic heterocycles. The van der Waals surface area contributed by atoms with Gasteiger partial charge >= 0.3 is 5.97 Å². The van der Waals surface area contributed by atoms with Crippen molar-refractivity contribution in [3.63, 3.8) is 0 Å². The van der Waals surface area contributed by atoms with Crippen molar-refractivity contribution in [2.45, 2.75) is 38.2 Å². The smallest absolute Gasteiger partial charge is 0.335 e. The van der Waals surface area contributed by atoms with E-state index in [0.717, 1.165) is 31.6 Å². The van der Waals surface area contributed by atoms with Gasteiger partial charge in [-0.05, 0) is 67.5 Å². The van der Waals surface area contributed by atoms with Gasteiger partial charge < -0.3 is 26.2 Å². The Hall–Kier alpha value is -3.04. The summed E-state index contributed by atoms with van der Waals surface area (Å²) in [5.74, 6) is -0.490. The number of carboxylic acids is 1. The predicted molar refractivity (Wildman–Crippen MR) is 131 cm³/mol. The van der Waals surface area contributed by atoms with Gasteiger partial charge in [-0.15, -0.1) is 0 Å². The first-order valence-electron chi connectivity index (χ1n) is 10.9. The quantitative estimate of drug-likeness (QED) is 0.285. The van der Waals surface area contributed by atoms with Gasteiger partial charge in [-0.3, -0.25) is 9.59 Å². The van der Waals surface area contributed by atoms with Gasteiger partial charge in [-0.1, -0.05) is 12.8 Å². The molecular formula is C24H29N3O5S. The number of thioether (sulfide) groups is 1. The molecule has 0 unspecified atom stereocenters. The highest BCUT2D eigenvalue weighted by Gasteiger charge is 2.15. The molecule has 9 heteroatoms. The fourth-order valence-electron chi connectivity index (χ4n) is 3.58. The minimum absolute atomic E-state index is 0.126. The normalized spacial score (nSPS) is 13.6. The highest BCUT2D eigenvalue weighted by Crippen LogP contribution is 2.21. The van der Waals surface area contributed by atoms with E-state index in [-0.39, 0.29) is 17.0 Å². The van der Waals surface area contributed by atoms with Gasteiger partial charge in [0.25, 0.3) is 5.91 Å². The number of nitrogens with one attached hydrogen (secondary N) is 2. The SMILES string of the molecule is Nc1cc(NC(=O)CSCCCOC2CCCC2)cc(C(=O)Nc2ccc(C(=O)O)cc2)c1. The third-order valence-corrected chi connectivity index (χ3v) is 6.26. The molecule has 2 amide bonds. The summed E-state index contributed by atoms with van der Waals surface area (Å²) in [4.78, 5) is 35.8. The number of nitrogen functional groups attached to an aromatic ring is 1. The van der Waals surface area contributed by atoms with E-state index in [9.17, 15) is 14.4 Å². The van der Waals surface area contributed by atoms with Gasteiger partial charge in [-0.2, -0.15) is 11.8 Å². The zero-order valence-electron chi connectivity index (χ0n) is 18.3. The van der Waals surface area contributed by atoms with Crippen LogP contribution in [-0.2, 0) is 9.53 Å². The van der Waals surface area contributed by atoms with E-state index in [2.05, 4.69) is 10.6 Å². The van der Waals surface area contributed by atoms with Crippen molar-refractivity contribution in [2.24, 2.45) is 0 Å². The van der Waals surface area contributed by atoms with E-state index in [1.54, 1.807) is 12.1 Å². The Kier molecular flexibility index (Phi) is 9.14. The Labute approximate surface area is 197 Å². The Morgan fingerprint density at radius 1 is 1.00 bits per heavy atom. The van der Waals surface area contributed by atoms with E-state index < -0.39 is 11.9 Å². The summed E-state index contributed by atoms with van der Waals surface area (Å²) in [6.07, 6.45) is 6.15. The van der Waals surface area contributed by atoms with E-state index >= 15 is 0 Å². The third-order valence-electron chi connectivity index (χ3n) is 5.21. The molecule has 0 saturated heterocycles. The highest BCUT2D eigenvalue weighted by atomic mass is 32.2. The number of rotatable bonds is 11. The molecule has 0 heterocycles. The van der Waals surface area contributed by atoms with Crippen LogP contribution in [0.25, 0.3) is 0 Å². The zero-order valence-corrected chi connectivity index (χ0v) is 19.2. The number of carbonyl (C=O) groups excluding carboxylic acids is 2. The molecule has 0 aromatic heterocycles. The molecule has 0 atom stereocenters. The topological polar surface area (TPSA) is 131 Å². The zero-order chi connectivity index (χ0) is 23.6. The van der Waals surface area contributed by atoms with Crippen LogP contribution in [0.1, 0.15) is 52.8 Å². The number of hydrogen-bond donors (Lipinski definition) is 4. The number of carboxylic acid groups (broad SMARTS) is 1. The largest absolute Gasteiger partial charge is 0.478 e. The van der Waals surface area contributed by atoms with E-state index in [0.29, 0.717) is 28.9 Å². The van der Waals surface area contributed by atoms with Crippen molar-refractivity contribution in [2.75, 3.05) is 34.5 Å². The summed E-state index contributed by atoms with van der Waals surface area (Å²) in [5, 5.41) is 14.4. The van der Waals surface area contributed by atoms with Gasteiger partial charge in [-0.25, -0.2) is 4.79 Å². The maximum absolute atomic E-state index is 12.6. The third kappa shape index (κ3) is 8.11. The maximum atomic E-state index is 12.6. The van der Waals surface area contributed by atoms with Crippen molar-refractivity contribution in [1.82, 2.24) is 0 Å². The minimum Gasteiger partial charge on any atom is -0.478 e. The molecule has 33 heavy (non-hydrogen) atoms. The van der Waals surface area contributed by atoms with Gasteiger partial charge in [0.1, 0.15) is 0 Å². The Balaban J connectivity index is 1.44. The van der Waals surface area contributed by atoms with Gasteiger partial charge in [0.15, 0.2) is 0 Å². The number of ether oxygens (including phenoxy) is 1. The molecule has 8 nitrogen and oxygen atoms in total. The van der Waals surface area contributed by atoms with Crippen molar-refractivity contribution in [3.8, 4) is 0 Å². The average Bonchev–Trinajstić information content (AvgIpc) is 3.29. The molecule has 2 aromatic rings. The number of hydrogen-bond acceptors (Lipinski definition) is 6. The van der Waals surface area contributed by atoms with Crippen LogP contribution < -0.4 is 16.4 Å². The summed E-state index contributed by atoms with van der Waals surface area (Å²) in [6.45, 7) is 0.728. The molecule has 0 spiro atoms. The summed E-state index contributed by atoms with van der Waals surface area (Å²) >= 11 is 1.54. The fraction of sp³-hybridized carbons (Fsp3) is 0.375. The molecule has 176 valence electrons. The second-order valence-electron chi connectivity index (χ2n) is 7.91. The number of amides is 2. The minimum atomic E-state index is -1.04. The lowest BCUT2D eigenvalue weighted by molar-refractivity contribution is -0.113. The Morgan fingerprint density at radius 2 is 1.73 bits per heavy atom. The monoisotopic (exact) mass is 471 g/mol. The second kappa shape index (κ2) is 12.3. The molecule has 2 aromatic carbocycles. The van der Waals surface area contributed by atoms with Crippen LogP contribution >= 0.6 is 11.8 Å². The second-order valence-corrected chi connectivity index (χ2v) is 9.02.